The van der Waals surface area contributed by atoms with E-state index in [0.29, 0.717) is 5.75 Å². The highest BCUT2D eigenvalue weighted by molar-refractivity contribution is 5.68. The lowest BCUT2D eigenvalue weighted by Gasteiger charge is -2.15. The third kappa shape index (κ3) is 6.50. The molecule has 0 aliphatic carbocycles. The second-order valence-corrected chi connectivity index (χ2v) is 6.46. The van der Waals surface area contributed by atoms with Crippen LogP contribution in [0.15, 0.2) is 90.1 Å². The predicted molar refractivity (Wildman–Crippen MR) is 112 cm³/mol. The molecule has 0 saturated heterocycles. The first-order valence-electron chi connectivity index (χ1n) is 9.43. The SMILES string of the molecule is O=C(O)COc1ccc(CCC=NOC(c2ccccc2)c2ccccc2)cc1. The van der Waals surface area contributed by atoms with Crippen LogP contribution in [0.5, 0.6) is 5.75 Å². The molecule has 0 spiro atoms. The summed E-state index contributed by atoms with van der Waals surface area (Å²) in [5, 5.41) is 12.8. The lowest BCUT2D eigenvalue weighted by atomic mass is 10.0. The number of hydrogen-bond donors (Lipinski definition) is 1. The van der Waals surface area contributed by atoms with Gasteiger partial charge in [-0.2, -0.15) is 0 Å². The highest BCUT2D eigenvalue weighted by Crippen LogP contribution is 2.25. The van der Waals surface area contributed by atoms with E-state index in [1.807, 2.05) is 72.8 Å². The fourth-order valence-corrected chi connectivity index (χ4v) is 2.86. The van der Waals surface area contributed by atoms with Crippen LogP contribution in [0.1, 0.15) is 29.2 Å². The van der Waals surface area contributed by atoms with Crippen LogP contribution in [0.25, 0.3) is 0 Å². The highest BCUT2D eigenvalue weighted by atomic mass is 16.6. The number of benzene rings is 3. The van der Waals surface area contributed by atoms with Gasteiger partial charge in [0.25, 0.3) is 0 Å². The van der Waals surface area contributed by atoms with E-state index in [0.717, 1.165) is 29.5 Å². The van der Waals surface area contributed by atoms with E-state index in [4.69, 9.17) is 14.7 Å². The van der Waals surface area contributed by atoms with Gasteiger partial charge in [-0.05, 0) is 41.7 Å². The van der Waals surface area contributed by atoms with E-state index in [2.05, 4.69) is 5.16 Å². The topological polar surface area (TPSA) is 68.1 Å². The zero-order valence-corrected chi connectivity index (χ0v) is 16.0. The van der Waals surface area contributed by atoms with Crippen LogP contribution < -0.4 is 4.74 Å². The molecule has 0 aliphatic rings. The van der Waals surface area contributed by atoms with Crippen molar-refractivity contribution in [2.45, 2.75) is 18.9 Å². The zero-order chi connectivity index (χ0) is 20.3. The van der Waals surface area contributed by atoms with Crippen LogP contribution in [-0.4, -0.2) is 23.9 Å². The Morgan fingerprint density at radius 1 is 0.897 bits per heavy atom. The van der Waals surface area contributed by atoms with E-state index >= 15 is 0 Å². The lowest BCUT2D eigenvalue weighted by molar-refractivity contribution is -0.139. The fraction of sp³-hybridized carbons (Fsp3) is 0.167. The van der Waals surface area contributed by atoms with Crippen molar-refractivity contribution in [3.05, 3.63) is 102 Å². The van der Waals surface area contributed by atoms with E-state index in [9.17, 15) is 4.79 Å². The summed E-state index contributed by atoms with van der Waals surface area (Å²) in [6.07, 6.45) is 3.05. The molecule has 29 heavy (non-hydrogen) atoms. The largest absolute Gasteiger partial charge is 0.482 e. The molecule has 0 radical (unpaired) electrons. The van der Waals surface area contributed by atoms with Crippen molar-refractivity contribution in [1.82, 2.24) is 0 Å². The highest BCUT2D eigenvalue weighted by Gasteiger charge is 2.14. The first-order valence-corrected chi connectivity index (χ1v) is 9.43. The van der Waals surface area contributed by atoms with Crippen molar-refractivity contribution in [2.75, 3.05) is 6.61 Å². The molecule has 3 aromatic carbocycles. The second kappa shape index (κ2) is 10.7. The number of hydrogen-bond acceptors (Lipinski definition) is 4. The average Bonchev–Trinajstić information content (AvgIpc) is 2.77. The summed E-state index contributed by atoms with van der Waals surface area (Å²) in [5.41, 5.74) is 3.21. The maximum absolute atomic E-state index is 10.5. The van der Waals surface area contributed by atoms with Gasteiger partial charge in [-0.15, -0.1) is 0 Å². The molecule has 0 unspecified atom stereocenters. The molecule has 0 amide bonds. The monoisotopic (exact) mass is 389 g/mol. The van der Waals surface area contributed by atoms with Crippen LogP contribution in [-0.2, 0) is 16.1 Å². The molecule has 148 valence electrons. The Balaban J connectivity index is 1.53. The van der Waals surface area contributed by atoms with Crippen LogP contribution in [0.4, 0.5) is 0 Å². The molecule has 0 aliphatic heterocycles. The third-order valence-corrected chi connectivity index (χ3v) is 4.29. The summed E-state index contributed by atoms with van der Waals surface area (Å²) in [7, 11) is 0. The lowest BCUT2D eigenvalue weighted by Crippen LogP contribution is -2.09. The van der Waals surface area contributed by atoms with Gasteiger partial charge in [-0.1, -0.05) is 78.0 Å². The summed E-state index contributed by atoms with van der Waals surface area (Å²) < 4.78 is 5.13. The van der Waals surface area contributed by atoms with Crippen LogP contribution >= 0.6 is 0 Å². The molecular weight excluding hydrogens is 366 g/mol. The summed E-state index contributed by atoms with van der Waals surface area (Å²) in [5.74, 6) is -0.448. The molecular formula is C24H23NO4. The maximum Gasteiger partial charge on any atom is 0.341 e. The molecule has 0 fully saturated rings. The van der Waals surface area contributed by atoms with E-state index in [1.165, 1.54) is 0 Å². The molecule has 0 atom stereocenters. The van der Waals surface area contributed by atoms with Gasteiger partial charge in [-0.3, -0.25) is 0 Å². The quantitative estimate of drug-likeness (QED) is 0.397. The van der Waals surface area contributed by atoms with Crippen LogP contribution in [0.2, 0.25) is 0 Å². The predicted octanol–water partition coefficient (Wildman–Crippen LogP) is 4.87. The average molecular weight is 389 g/mol. The van der Waals surface area contributed by atoms with Crippen molar-refractivity contribution in [3.63, 3.8) is 0 Å². The number of rotatable bonds is 10. The van der Waals surface area contributed by atoms with Crippen molar-refractivity contribution in [2.24, 2.45) is 5.16 Å². The Labute approximate surface area is 170 Å². The molecule has 0 bridgehead atoms. The Morgan fingerprint density at radius 2 is 1.48 bits per heavy atom. The van der Waals surface area contributed by atoms with Gasteiger partial charge in [0.1, 0.15) is 5.75 Å². The minimum Gasteiger partial charge on any atom is -0.482 e. The summed E-state index contributed by atoms with van der Waals surface area (Å²) in [6.45, 7) is -0.340. The summed E-state index contributed by atoms with van der Waals surface area (Å²) >= 11 is 0. The summed E-state index contributed by atoms with van der Waals surface area (Å²) in [4.78, 5) is 16.3. The summed E-state index contributed by atoms with van der Waals surface area (Å²) in [6, 6.07) is 27.4. The van der Waals surface area contributed by atoms with Gasteiger partial charge in [0, 0.05) is 6.21 Å². The standard InChI is InChI=1S/C24H23NO4/c26-23(27)18-28-22-15-13-19(14-16-22)8-7-17-25-29-24(20-9-3-1-4-10-20)21-11-5-2-6-12-21/h1-6,9-17,24H,7-8,18H2,(H,26,27). The normalized spacial score (nSPS) is 10.9. The fourth-order valence-electron chi connectivity index (χ4n) is 2.86. The minimum absolute atomic E-state index is 0.251. The van der Waals surface area contributed by atoms with Crippen molar-refractivity contribution in [3.8, 4) is 5.75 Å². The van der Waals surface area contributed by atoms with E-state index in [1.54, 1.807) is 18.3 Å². The number of oxime groups is 1. The van der Waals surface area contributed by atoms with Gasteiger partial charge >= 0.3 is 5.97 Å². The van der Waals surface area contributed by atoms with Crippen molar-refractivity contribution >= 4 is 12.2 Å². The molecule has 0 heterocycles. The van der Waals surface area contributed by atoms with Gasteiger partial charge in [0.2, 0.25) is 0 Å². The molecule has 3 aromatic rings. The molecule has 5 nitrogen and oxygen atoms in total. The van der Waals surface area contributed by atoms with Gasteiger partial charge in [0.15, 0.2) is 12.7 Å². The number of aryl methyl sites for hydroxylation is 1. The number of carboxylic acids is 1. The number of carboxylic acid groups (broad SMARTS) is 1. The van der Waals surface area contributed by atoms with Crippen LogP contribution in [0, 0.1) is 0 Å². The van der Waals surface area contributed by atoms with Gasteiger partial charge < -0.3 is 14.7 Å². The first kappa shape index (κ1) is 20.1. The number of aliphatic carboxylic acids is 1. The molecule has 0 aromatic heterocycles. The maximum atomic E-state index is 10.5. The Morgan fingerprint density at radius 3 is 2.03 bits per heavy atom. The first-order chi connectivity index (χ1) is 14.2. The van der Waals surface area contributed by atoms with Gasteiger partial charge in [0.05, 0.1) is 0 Å². The molecule has 5 heteroatoms. The van der Waals surface area contributed by atoms with Crippen molar-refractivity contribution in [1.29, 1.82) is 0 Å². The van der Waals surface area contributed by atoms with E-state index in [-0.39, 0.29) is 12.7 Å². The second-order valence-electron chi connectivity index (χ2n) is 6.46. The molecule has 1 N–H and O–H groups in total. The van der Waals surface area contributed by atoms with E-state index < -0.39 is 5.97 Å². The Kier molecular flexibility index (Phi) is 7.41. The third-order valence-electron chi connectivity index (χ3n) is 4.29. The molecule has 0 saturated carbocycles. The number of nitrogens with zero attached hydrogens (tertiary/aromatic N) is 1. The number of ether oxygens (including phenoxy) is 1. The van der Waals surface area contributed by atoms with Crippen LogP contribution in [0.3, 0.4) is 0 Å². The van der Waals surface area contributed by atoms with Crippen molar-refractivity contribution < 1.29 is 19.5 Å². The molecule has 3 rings (SSSR count). The Hall–Kier alpha value is -3.60. The Bertz CT molecular complexity index is 869. The number of carbonyl (C=O) groups is 1. The minimum atomic E-state index is -0.991. The van der Waals surface area contributed by atoms with Gasteiger partial charge in [-0.25, -0.2) is 4.79 Å². The zero-order valence-electron chi connectivity index (χ0n) is 16.0. The smallest absolute Gasteiger partial charge is 0.341 e.